The number of benzene rings is 2. The van der Waals surface area contributed by atoms with E-state index in [9.17, 15) is 9.65 Å². The highest BCUT2D eigenvalue weighted by Crippen LogP contribution is 2.36. The molecule has 0 spiro atoms. The fourth-order valence-electron chi connectivity index (χ4n) is 6.79. The number of hydrogen-bond donors (Lipinski definition) is 0. The van der Waals surface area contributed by atoms with Crippen LogP contribution in [0.25, 0.3) is 16.9 Å². The lowest BCUT2D eigenvalue weighted by Gasteiger charge is -2.41. The minimum atomic E-state index is -0.215. The SMILES string of the molecule is N#Cc1cc(-c2cnc3ccc(N4CCCC4c4cccc(F)c4)nn23)ccc1N1CCC(N2CCOCC2)CC1. The van der Waals surface area contributed by atoms with Crippen LogP contribution >= 0.6 is 0 Å². The molecule has 7 rings (SSSR count). The molecule has 1 atom stereocenters. The molecular weight excluding hydrogens is 517 g/mol. The molecule has 3 fully saturated rings. The summed E-state index contributed by atoms with van der Waals surface area (Å²) in [5, 5.41) is 15.1. The third kappa shape index (κ3) is 5.03. The number of halogens is 1. The Morgan fingerprint density at radius 3 is 2.59 bits per heavy atom. The molecule has 41 heavy (non-hydrogen) atoms. The molecule has 0 radical (unpaired) electrons. The Morgan fingerprint density at radius 2 is 1.78 bits per heavy atom. The standard InChI is InChI=1S/C32H34FN7O/c33-26-4-1-3-23(20-26)29-5-2-12-39(29)32-9-8-31-35-22-30(40(31)36-32)24-6-7-28(25(19-24)21-34)38-13-10-27(11-14-38)37-15-17-41-18-16-37/h1,3-4,6-9,19-20,22,27,29H,2,5,10-18H2. The van der Waals surface area contributed by atoms with Crippen LogP contribution in [0.1, 0.15) is 42.9 Å². The number of piperidine rings is 1. The Hall–Kier alpha value is -4.00. The number of ether oxygens (including phenoxy) is 1. The minimum absolute atomic E-state index is 0.0829. The van der Waals surface area contributed by atoms with Crippen LogP contribution in [0.2, 0.25) is 0 Å². The van der Waals surface area contributed by atoms with Gasteiger partial charge in [0, 0.05) is 44.3 Å². The van der Waals surface area contributed by atoms with Crippen LogP contribution in [0.4, 0.5) is 15.9 Å². The summed E-state index contributed by atoms with van der Waals surface area (Å²) in [4.78, 5) is 11.8. The highest BCUT2D eigenvalue weighted by molar-refractivity contribution is 5.71. The summed E-state index contributed by atoms with van der Waals surface area (Å²) in [5.74, 6) is 0.622. The fraction of sp³-hybridized carbons (Fsp3) is 0.406. The van der Waals surface area contributed by atoms with E-state index in [4.69, 9.17) is 9.84 Å². The zero-order chi connectivity index (χ0) is 27.8. The van der Waals surface area contributed by atoms with Gasteiger partial charge in [0.15, 0.2) is 5.65 Å². The van der Waals surface area contributed by atoms with Crippen molar-refractivity contribution < 1.29 is 9.13 Å². The van der Waals surface area contributed by atoms with Crippen LogP contribution in [0, 0.1) is 17.1 Å². The van der Waals surface area contributed by atoms with Gasteiger partial charge in [0.2, 0.25) is 0 Å². The summed E-state index contributed by atoms with van der Waals surface area (Å²) in [5.41, 5.74) is 5.14. The van der Waals surface area contributed by atoms with Crippen LogP contribution in [-0.4, -0.2) is 71.5 Å². The average Bonchev–Trinajstić information content (AvgIpc) is 3.69. The molecule has 1 unspecified atom stereocenters. The molecule has 3 saturated heterocycles. The molecule has 9 heteroatoms. The van der Waals surface area contributed by atoms with Crippen molar-refractivity contribution in [3.05, 3.63) is 77.7 Å². The first kappa shape index (κ1) is 25.9. The van der Waals surface area contributed by atoms with Gasteiger partial charge < -0.3 is 14.5 Å². The zero-order valence-electron chi connectivity index (χ0n) is 23.1. The van der Waals surface area contributed by atoms with E-state index in [1.807, 2.05) is 35.0 Å². The van der Waals surface area contributed by atoms with Gasteiger partial charge in [0.25, 0.3) is 0 Å². The Kier molecular flexibility index (Phi) is 7.03. The number of imidazole rings is 1. The number of fused-ring (bicyclic) bond motifs is 1. The highest BCUT2D eigenvalue weighted by Gasteiger charge is 2.29. The summed E-state index contributed by atoms with van der Waals surface area (Å²) in [6, 6.07) is 20.1. The normalized spacial score (nSPS) is 20.5. The summed E-state index contributed by atoms with van der Waals surface area (Å²) in [7, 11) is 0. The van der Waals surface area contributed by atoms with Crippen molar-refractivity contribution in [3.8, 4) is 17.3 Å². The van der Waals surface area contributed by atoms with E-state index in [-0.39, 0.29) is 11.9 Å². The van der Waals surface area contributed by atoms with Crippen LogP contribution in [0.5, 0.6) is 0 Å². The number of morpholine rings is 1. The smallest absolute Gasteiger partial charge is 0.154 e. The monoisotopic (exact) mass is 551 g/mol. The largest absolute Gasteiger partial charge is 0.379 e. The lowest BCUT2D eigenvalue weighted by atomic mass is 10.00. The Bertz CT molecular complexity index is 1580. The van der Waals surface area contributed by atoms with E-state index in [0.29, 0.717) is 11.6 Å². The van der Waals surface area contributed by atoms with Gasteiger partial charge in [-0.2, -0.15) is 5.26 Å². The summed E-state index contributed by atoms with van der Waals surface area (Å²) in [6.45, 7) is 6.43. The number of aromatic nitrogens is 3. The number of rotatable bonds is 5. The molecule has 5 heterocycles. The molecular formula is C32H34FN7O. The maximum atomic E-state index is 14.0. The minimum Gasteiger partial charge on any atom is -0.379 e. The van der Waals surface area contributed by atoms with E-state index in [2.05, 4.69) is 37.9 Å². The van der Waals surface area contributed by atoms with Gasteiger partial charge >= 0.3 is 0 Å². The number of anilines is 2. The van der Waals surface area contributed by atoms with Crippen molar-refractivity contribution in [2.45, 2.75) is 37.8 Å². The fourth-order valence-corrected chi connectivity index (χ4v) is 6.79. The molecule has 4 aromatic rings. The molecule has 3 aliphatic rings. The van der Waals surface area contributed by atoms with Crippen LogP contribution < -0.4 is 9.80 Å². The van der Waals surface area contributed by atoms with Gasteiger partial charge in [0.05, 0.1) is 42.4 Å². The first-order valence-electron chi connectivity index (χ1n) is 14.7. The third-order valence-corrected chi connectivity index (χ3v) is 8.91. The molecule has 0 saturated carbocycles. The first-order chi connectivity index (χ1) is 20.2. The molecule has 8 nitrogen and oxygen atoms in total. The second-order valence-electron chi connectivity index (χ2n) is 11.2. The van der Waals surface area contributed by atoms with Gasteiger partial charge in [-0.15, -0.1) is 5.10 Å². The van der Waals surface area contributed by atoms with Crippen molar-refractivity contribution in [2.24, 2.45) is 0 Å². The predicted molar refractivity (Wildman–Crippen MR) is 156 cm³/mol. The summed E-state index contributed by atoms with van der Waals surface area (Å²) < 4.78 is 21.4. The van der Waals surface area contributed by atoms with Crippen molar-refractivity contribution >= 4 is 17.2 Å². The van der Waals surface area contributed by atoms with Crippen LogP contribution in [0.3, 0.4) is 0 Å². The predicted octanol–water partition coefficient (Wildman–Crippen LogP) is 5.05. The Balaban J connectivity index is 1.14. The van der Waals surface area contributed by atoms with Crippen molar-refractivity contribution in [3.63, 3.8) is 0 Å². The van der Waals surface area contributed by atoms with E-state index >= 15 is 0 Å². The second kappa shape index (κ2) is 11.1. The van der Waals surface area contributed by atoms with Crippen molar-refractivity contribution in [2.75, 3.05) is 55.7 Å². The molecule has 3 aliphatic heterocycles. The van der Waals surface area contributed by atoms with E-state index in [0.717, 1.165) is 106 Å². The number of nitriles is 1. The summed E-state index contributed by atoms with van der Waals surface area (Å²) in [6.07, 6.45) is 5.99. The van der Waals surface area contributed by atoms with Crippen LogP contribution in [0.15, 0.2) is 60.8 Å². The lowest BCUT2D eigenvalue weighted by molar-refractivity contribution is 0.0115. The topological polar surface area (TPSA) is 72.9 Å². The van der Waals surface area contributed by atoms with Crippen molar-refractivity contribution in [1.82, 2.24) is 19.5 Å². The molecule has 0 aliphatic carbocycles. The lowest BCUT2D eigenvalue weighted by Crippen LogP contribution is -2.49. The number of hydrogen-bond acceptors (Lipinski definition) is 7. The third-order valence-electron chi connectivity index (χ3n) is 8.91. The molecule has 0 N–H and O–H groups in total. The summed E-state index contributed by atoms with van der Waals surface area (Å²) >= 11 is 0. The van der Waals surface area contributed by atoms with Gasteiger partial charge in [0.1, 0.15) is 17.7 Å². The van der Waals surface area contributed by atoms with E-state index in [1.54, 1.807) is 12.1 Å². The zero-order valence-corrected chi connectivity index (χ0v) is 23.1. The van der Waals surface area contributed by atoms with Gasteiger partial charge in [-0.05, 0) is 67.6 Å². The quantitative estimate of drug-likeness (QED) is 0.344. The van der Waals surface area contributed by atoms with Crippen LogP contribution in [-0.2, 0) is 4.74 Å². The van der Waals surface area contributed by atoms with E-state index < -0.39 is 0 Å². The molecule has 0 amide bonds. The molecule has 0 bridgehead atoms. The number of nitrogens with zero attached hydrogens (tertiary/aromatic N) is 7. The highest BCUT2D eigenvalue weighted by atomic mass is 19.1. The maximum absolute atomic E-state index is 14.0. The van der Waals surface area contributed by atoms with E-state index in [1.165, 1.54) is 6.07 Å². The maximum Gasteiger partial charge on any atom is 0.154 e. The van der Waals surface area contributed by atoms with Gasteiger partial charge in [-0.1, -0.05) is 18.2 Å². The first-order valence-corrected chi connectivity index (χ1v) is 14.7. The molecule has 210 valence electrons. The average molecular weight is 552 g/mol. The Morgan fingerprint density at radius 1 is 0.927 bits per heavy atom. The molecule has 2 aromatic carbocycles. The van der Waals surface area contributed by atoms with Gasteiger partial charge in [-0.25, -0.2) is 13.9 Å². The second-order valence-corrected chi connectivity index (χ2v) is 11.2. The Labute approximate surface area is 239 Å². The molecule has 2 aromatic heterocycles. The van der Waals surface area contributed by atoms with Gasteiger partial charge in [-0.3, -0.25) is 4.90 Å². The van der Waals surface area contributed by atoms with Crippen molar-refractivity contribution in [1.29, 1.82) is 5.26 Å².